The summed E-state index contributed by atoms with van der Waals surface area (Å²) in [5, 5.41) is 0. The first-order chi connectivity index (χ1) is 8.26. The molecule has 0 aromatic rings. The SMILES string of the molecule is C=C/C(=C\CCC)CN1CCC(C)CC1.CC. The molecule has 0 N–H and O–H groups in total. The van der Waals surface area contributed by atoms with Crippen LogP contribution in [0.5, 0.6) is 0 Å². The lowest BCUT2D eigenvalue weighted by molar-refractivity contribution is 0.207. The number of nitrogens with zero attached hydrogens (tertiary/aromatic N) is 1. The van der Waals surface area contributed by atoms with E-state index in [1.807, 2.05) is 19.9 Å². The average molecular weight is 237 g/mol. The van der Waals surface area contributed by atoms with Gasteiger partial charge in [-0.05, 0) is 43.8 Å². The van der Waals surface area contributed by atoms with Crippen molar-refractivity contribution in [2.24, 2.45) is 5.92 Å². The number of piperidine rings is 1. The summed E-state index contributed by atoms with van der Waals surface area (Å²) in [4.78, 5) is 2.56. The van der Waals surface area contributed by atoms with Crippen LogP contribution in [0, 0.1) is 5.92 Å². The van der Waals surface area contributed by atoms with Gasteiger partial charge in [-0.3, -0.25) is 4.90 Å². The van der Waals surface area contributed by atoms with E-state index in [4.69, 9.17) is 0 Å². The van der Waals surface area contributed by atoms with E-state index in [2.05, 4.69) is 31.4 Å². The van der Waals surface area contributed by atoms with Gasteiger partial charge in [0.2, 0.25) is 0 Å². The second kappa shape index (κ2) is 10.6. The van der Waals surface area contributed by atoms with Crippen molar-refractivity contribution in [1.29, 1.82) is 0 Å². The molecule has 0 unspecified atom stereocenters. The minimum absolute atomic E-state index is 0.924. The lowest BCUT2D eigenvalue weighted by Gasteiger charge is -2.30. The van der Waals surface area contributed by atoms with Gasteiger partial charge in [0.25, 0.3) is 0 Å². The summed E-state index contributed by atoms with van der Waals surface area (Å²) in [5.41, 5.74) is 1.41. The predicted octanol–water partition coefficient (Wildman–Crippen LogP) is 4.66. The first kappa shape index (κ1) is 16.4. The van der Waals surface area contributed by atoms with Crippen molar-refractivity contribution in [3.05, 3.63) is 24.3 Å². The van der Waals surface area contributed by atoms with Crippen LogP contribution in [0.1, 0.15) is 53.4 Å². The van der Waals surface area contributed by atoms with Crippen LogP contribution < -0.4 is 0 Å². The van der Waals surface area contributed by atoms with Crippen LogP contribution in [-0.4, -0.2) is 24.5 Å². The smallest absolute Gasteiger partial charge is 0.0230 e. The molecule has 0 bridgehead atoms. The molecule has 1 heterocycles. The standard InChI is InChI=1S/C14H25N.C2H6/c1-4-6-7-14(5-2)12-15-10-8-13(3)9-11-15;1-2/h5,7,13H,2,4,6,8-12H2,1,3H3;1-2H3/b14-7+;. The molecule has 0 spiro atoms. The number of hydrogen-bond donors (Lipinski definition) is 0. The molecule has 0 saturated carbocycles. The van der Waals surface area contributed by atoms with E-state index >= 15 is 0 Å². The summed E-state index contributed by atoms with van der Waals surface area (Å²) in [5.74, 6) is 0.924. The van der Waals surface area contributed by atoms with Gasteiger partial charge in [-0.15, -0.1) is 0 Å². The van der Waals surface area contributed by atoms with E-state index < -0.39 is 0 Å². The molecular weight excluding hydrogens is 206 g/mol. The number of rotatable bonds is 5. The molecule has 1 fully saturated rings. The van der Waals surface area contributed by atoms with Gasteiger partial charge in [-0.25, -0.2) is 0 Å². The quantitative estimate of drug-likeness (QED) is 0.629. The molecule has 0 aliphatic carbocycles. The number of hydrogen-bond acceptors (Lipinski definition) is 1. The lowest BCUT2D eigenvalue weighted by Crippen LogP contribution is -2.34. The highest BCUT2D eigenvalue weighted by Gasteiger charge is 2.15. The Morgan fingerprint density at radius 2 is 1.88 bits per heavy atom. The molecule has 1 aliphatic heterocycles. The van der Waals surface area contributed by atoms with E-state index in [0.717, 1.165) is 12.5 Å². The van der Waals surface area contributed by atoms with E-state index in [9.17, 15) is 0 Å². The fraction of sp³-hybridized carbons (Fsp3) is 0.750. The Morgan fingerprint density at radius 3 is 2.35 bits per heavy atom. The van der Waals surface area contributed by atoms with Crippen LogP contribution in [0.15, 0.2) is 24.3 Å². The van der Waals surface area contributed by atoms with Crippen molar-refractivity contribution in [1.82, 2.24) is 4.90 Å². The summed E-state index contributed by atoms with van der Waals surface area (Å²) in [7, 11) is 0. The van der Waals surface area contributed by atoms with Crippen LogP contribution in [0.3, 0.4) is 0 Å². The summed E-state index contributed by atoms with van der Waals surface area (Å²) in [6.45, 7) is 16.1. The summed E-state index contributed by atoms with van der Waals surface area (Å²) >= 11 is 0. The van der Waals surface area contributed by atoms with Crippen molar-refractivity contribution in [3.63, 3.8) is 0 Å². The van der Waals surface area contributed by atoms with E-state index in [1.54, 1.807) is 0 Å². The molecule has 0 radical (unpaired) electrons. The molecule has 0 amide bonds. The zero-order valence-electron chi connectivity index (χ0n) is 12.3. The van der Waals surface area contributed by atoms with E-state index in [0.29, 0.717) is 0 Å². The molecule has 1 heteroatoms. The van der Waals surface area contributed by atoms with Crippen LogP contribution >= 0.6 is 0 Å². The average Bonchev–Trinajstić information content (AvgIpc) is 2.39. The van der Waals surface area contributed by atoms with Gasteiger partial charge in [0.15, 0.2) is 0 Å². The van der Waals surface area contributed by atoms with Crippen LogP contribution in [0.4, 0.5) is 0 Å². The summed E-state index contributed by atoms with van der Waals surface area (Å²) < 4.78 is 0. The van der Waals surface area contributed by atoms with Crippen molar-refractivity contribution in [2.45, 2.75) is 53.4 Å². The molecule has 1 saturated heterocycles. The summed E-state index contributed by atoms with van der Waals surface area (Å²) in [6.07, 6.45) is 9.50. The Bertz CT molecular complexity index is 210. The zero-order chi connectivity index (χ0) is 13.1. The van der Waals surface area contributed by atoms with Crippen LogP contribution in [0.2, 0.25) is 0 Å². The topological polar surface area (TPSA) is 3.24 Å². The third-order valence-electron chi connectivity index (χ3n) is 3.24. The second-order valence-corrected chi connectivity index (χ2v) is 4.73. The van der Waals surface area contributed by atoms with Gasteiger partial charge in [0, 0.05) is 6.54 Å². The maximum atomic E-state index is 3.90. The van der Waals surface area contributed by atoms with Crippen LogP contribution in [0.25, 0.3) is 0 Å². The molecule has 0 aromatic carbocycles. The molecule has 0 aromatic heterocycles. The molecule has 100 valence electrons. The van der Waals surface area contributed by atoms with Crippen molar-refractivity contribution >= 4 is 0 Å². The Balaban J connectivity index is 0.00000121. The Kier molecular flexibility index (Phi) is 10.2. The van der Waals surface area contributed by atoms with Gasteiger partial charge < -0.3 is 0 Å². The molecule has 0 atom stereocenters. The Morgan fingerprint density at radius 1 is 1.29 bits per heavy atom. The van der Waals surface area contributed by atoms with Gasteiger partial charge >= 0.3 is 0 Å². The largest absolute Gasteiger partial charge is 0.299 e. The highest BCUT2D eigenvalue weighted by molar-refractivity contribution is 5.17. The van der Waals surface area contributed by atoms with Crippen molar-refractivity contribution < 1.29 is 0 Å². The zero-order valence-corrected chi connectivity index (χ0v) is 12.3. The van der Waals surface area contributed by atoms with Gasteiger partial charge in [-0.2, -0.15) is 0 Å². The lowest BCUT2D eigenvalue weighted by atomic mass is 9.99. The highest BCUT2D eigenvalue weighted by Crippen LogP contribution is 2.17. The maximum absolute atomic E-state index is 3.90. The molecule has 17 heavy (non-hydrogen) atoms. The Labute approximate surface area is 109 Å². The predicted molar refractivity (Wildman–Crippen MR) is 79.4 cm³/mol. The van der Waals surface area contributed by atoms with Gasteiger partial charge in [0.1, 0.15) is 0 Å². The molecule has 1 aliphatic rings. The van der Waals surface area contributed by atoms with Gasteiger partial charge in [-0.1, -0.05) is 52.8 Å². The van der Waals surface area contributed by atoms with E-state index in [1.165, 1.54) is 44.3 Å². The fourth-order valence-electron chi connectivity index (χ4n) is 2.02. The maximum Gasteiger partial charge on any atom is 0.0230 e. The normalized spacial score (nSPS) is 18.5. The van der Waals surface area contributed by atoms with E-state index in [-0.39, 0.29) is 0 Å². The third kappa shape index (κ3) is 7.38. The second-order valence-electron chi connectivity index (χ2n) is 4.73. The first-order valence-corrected chi connectivity index (χ1v) is 7.30. The Hall–Kier alpha value is -0.560. The fourth-order valence-corrected chi connectivity index (χ4v) is 2.02. The number of unbranched alkanes of at least 4 members (excludes halogenated alkanes) is 1. The van der Waals surface area contributed by atoms with Gasteiger partial charge in [0.05, 0.1) is 0 Å². The first-order valence-electron chi connectivity index (χ1n) is 7.30. The molecule has 1 rings (SSSR count). The molecule has 1 nitrogen and oxygen atoms in total. The highest BCUT2D eigenvalue weighted by atomic mass is 15.1. The number of likely N-dealkylation sites (tertiary alicyclic amines) is 1. The number of allylic oxidation sites excluding steroid dienone is 1. The van der Waals surface area contributed by atoms with Crippen molar-refractivity contribution in [3.8, 4) is 0 Å². The minimum atomic E-state index is 0.924. The van der Waals surface area contributed by atoms with Crippen molar-refractivity contribution in [2.75, 3.05) is 19.6 Å². The monoisotopic (exact) mass is 237 g/mol. The third-order valence-corrected chi connectivity index (χ3v) is 3.24. The minimum Gasteiger partial charge on any atom is -0.299 e. The summed E-state index contributed by atoms with van der Waals surface area (Å²) in [6, 6.07) is 0. The van der Waals surface area contributed by atoms with Crippen LogP contribution in [-0.2, 0) is 0 Å². The molecular formula is C16H31N.